The van der Waals surface area contributed by atoms with Crippen molar-refractivity contribution in [1.82, 2.24) is 9.80 Å². The summed E-state index contributed by atoms with van der Waals surface area (Å²) in [6, 6.07) is 13.4. The van der Waals surface area contributed by atoms with Gasteiger partial charge < -0.3 is 14.5 Å². The van der Waals surface area contributed by atoms with Gasteiger partial charge in [-0.3, -0.25) is 9.59 Å². The van der Waals surface area contributed by atoms with E-state index in [1.807, 2.05) is 54.3 Å². The van der Waals surface area contributed by atoms with E-state index in [0.29, 0.717) is 43.1 Å². The molecule has 27 heavy (non-hydrogen) atoms. The monoisotopic (exact) mass is 366 g/mol. The maximum absolute atomic E-state index is 12.9. The van der Waals surface area contributed by atoms with Gasteiger partial charge in [0, 0.05) is 31.7 Å². The molecule has 1 heterocycles. The van der Waals surface area contributed by atoms with Crippen molar-refractivity contribution in [2.75, 3.05) is 33.3 Å². The second-order valence-electron chi connectivity index (χ2n) is 6.84. The van der Waals surface area contributed by atoms with Crippen LogP contribution in [0.1, 0.15) is 38.8 Å². The van der Waals surface area contributed by atoms with E-state index in [9.17, 15) is 9.59 Å². The van der Waals surface area contributed by atoms with Crippen LogP contribution in [0, 0.1) is 6.92 Å². The third-order valence-corrected chi connectivity index (χ3v) is 5.05. The molecule has 1 aliphatic rings. The van der Waals surface area contributed by atoms with E-state index in [-0.39, 0.29) is 11.8 Å². The van der Waals surface area contributed by atoms with E-state index in [1.54, 1.807) is 12.0 Å². The van der Waals surface area contributed by atoms with E-state index < -0.39 is 0 Å². The number of piperazine rings is 1. The Morgan fingerprint density at radius 2 is 1.52 bits per heavy atom. The highest BCUT2D eigenvalue weighted by Crippen LogP contribution is 2.22. The number of hydrogen-bond acceptors (Lipinski definition) is 3. The van der Waals surface area contributed by atoms with E-state index in [0.717, 1.165) is 12.0 Å². The average molecular weight is 366 g/mol. The first-order chi connectivity index (χ1) is 13.0. The Labute approximate surface area is 160 Å². The summed E-state index contributed by atoms with van der Waals surface area (Å²) in [5.41, 5.74) is 3.51. The first-order valence-electron chi connectivity index (χ1n) is 9.35. The molecule has 2 aromatic carbocycles. The Morgan fingerprint density at radius 1 is 0.926 bits per heavy atom. The minimum atomic E-state index is -0.0463. The van der Waals surface area contributed by atoms with Gasteiger partial charge in [0.05, 0.1) is 12.7 Å². The van der Waals surface area contributed by atoms with Crippen molar-refractivity contribution in [3.05, 3.63) is 64.7 Å². The summed E-state index contributed by atoms with van der Waals surface area (Å²) < 4.78 is 5.34. The van der Waals surface area contributed by atoms with E-state index in [4.69, 9.17) is 4.74 Å². The summed E-state index contributed by atoms with van der Waals surface area (Å²) in [5.74, 6) is 0.563. The van der Waals surface area contributed by atoms with Crippen LogP contribution in [-0.2, 0) is 6.42 Å². The van der Waals surface area contributed by atoms with Crippen LogP contribution in [0.3, 0.4) is 0 Å². The number of hydrogen-bond donors (Lipinski definition) is 0. The molecule has 5 heteroatoms. The summed E-state index contributed by atoms with van der Waals surface area (Å²) in [7, 11) is 1.57. The zero-order valence-corrected chi connectivity index (χ0v) is 16.2. The lowest BCUT2D eigenvalue weighted by atomic mass is 10.1. The maximum Gasteiger partial charge on any atom is 0.257 e. The van der Waals surface area contributed by atoms with Gasteiger partial charge in [-0.25, -0.2) is 0 Å². The van der Waals surface area contributed by atoms with Gasteiger partial charge in [0.25, 0.3) is 11.8 Å². The van der Waals surface area contributed by atoms with E-state index in [2.05, 4.69) is 6.92 Å². The largest absolute Gasteiger partial charge is 0.496 e. The minimum absolute atomic E-state index is 0.0258. The predicted octanol–water partition coefficient (Wildman–Crippen LogP) is 3.16. The molecule has 1 fully saturated rings. The Hall–Kier alpha value is -2.82. The number of ether oxygens (including phenoxy) is 1. The fourth-order valence-corrected chi connectivity index (χ4v) is 3.34. The summed E-state index contributed by atoms with van der Waals surface area (Å²) in [4.78, 5) is 29.2. The highest BCUT2D eigenvalue weighted by molar-refractivity contribution is 5.98. The zero-order chi connectivity index (χ0) is 19.4. The molecule has 5 nitrogen and oxygen atoms in total. The minimum Gasteiger partial charge on any atom is -0.496 e. The third-order valence-electron chi connectivity index (χ3n) is 5.05. The van der Waals surface area contributed by atoms with Crippen LogP contribution in [0.4, 0.5) is 0 Å². The summed E-state index contributed by atoms with van der Waals surface area (Å²) in [5, 5.41) is 0. The second-order valence-corrected chi connectivity index (χ2v) is 6.84. The van der Waals surface area contributed by atoms with Gasteiger partial charge in [-0.2, -0.15) is 0 Å². The Morgan fingerprint density at radius 3 is 2.07 bits per heavy atom. The van der Waals surface area contributed by atoms with Gasteiger partial charge in [0.15, 0.2) is 0 Å². The van der Waals surface area contributed by atoms with Gasteiger partial charge in [-0.15, -0.1) is 0 Å². The fourth-order valence-electron chi connectivity index (χ4n) is 3.34. The van der Waals surface area contributed by atoms with Crippen molar-refractivity contribution in [2.45, 2.75) is 20.3 Å². The Balaban J connectivity index is 1.65. The average Bonchev–Trinajstić information content (AvgIpc) is 2.73. The number of benzene rings is 2. The van der Waals surface area contributed by atoms with Gasteiger partial charge >= 0.3 is 0 Å². The number of carbonyl (C=O) groups excluding carboxylic acids is 2. The van der Waals surface area contributed by atoms with E-state index in [1.165, 1.54) is 5.56 Å². The molecule has 0 unspecified atom stereocenters. The highest BCUT2D eigenvalue weighted by Gasteiger charge is 2.27. The SMILES string of the molecule is CCc1ccc(C(=O)N2CCN(C(=O)c3cc(C)ccc3OC)CC2)cc1. The number of nitrogens with zero attached hydrogens (tertiary/aromatic N) is 2. The number of methoxy groups -OCH3 is 1. The quantitative estimate of drug-likeness (QED) is 0.835. The summed E-state index contributed by atoms with van der Waals surface area (Å²) in [6.07, 6.45) is 0.956. The molecule has 0 bridgehead atoms. The van der Waals surface area contributed by atoms with Crippen LogP contribution >= 0.6 is 0 Å². The summed E-state index contributed by atoms with van der Waals surface area (Å²) in [6.45, 7) is 6.17. The Bertz CT molecular complexity index is 822. The molecule has 0 spiro atoms. The van der Waals surface area contributed by atoms with Crippen LogP contribution in [0.25, 0.3) is 0 Å². The first kappa shape index (κ1) is 19.0. The zero-order valence-electron chi connectivity index (χ0n) is 16.2. The van der Waals surface area contributed by atoms with Gasteiger partial charge in [-0.1, -0.05) is 30.7 Å². The number of amides is 2. The van der Waals surface area contributed by atoms with Crippen LogP contribution in [-0.4, -0.2) is 54.9 Å². The Kier molecular flexibility index (Phi) is 5.79. The van der Waals surface area contributed by atoms with Crippen LogP contribution < -0.4 is 4.74 Å². The molecule has 0 aliphatic carbocycles. The predicted molar refractivity (Wildman–Crippen MR) is 105 cm³/mol. The molecule has 0 saturated carbocycles. The molecule has 2 amide bonds. The molecule has 0 radical (unpaired) electrons. The van der Waals surface area contributed by atoms with Crippen molar-refractivity contribution in [1.29, 1.82) is 0 Å². The lowest BCUT2D eigenvalue weighted by Gasteiger charge is -2.35. The van der Waals surface area contributed by atoms with Crippen molar-refractivity contribution in [3.8, 4) is 5.75 Å². The molecule has 0 aromatic heterocycles. The van der Waals surface area contributed by atoms with Crippen LogP contribution in [0.2, 0.25) is 0 Å². The normalized spacial score (nSPS) is 14.2. The smallest absolute Gasteiger partial charge is 0.257 e. The van der Waals surface area contributed by atoms with Crippen molar-refractivity contribution in [3.63, 3.8) is 0 Å². The fraction of sp³-hybridized carbons (Fsp3) is 0.364. The van der Waals surface area contributed by atoms with Gasteiger partial charge in [-0.05, 0) is 43.2 Å². The summed E-state index contributed by atoms with van der Waals surface area (Å²) >= 11 is 0. The highest BCUT2D eigenvalue weighted by atomic mass is 16.5. The van der Waals surface area contributed by atoms with Gasteiger partial charge in [0.2, 0.25) is 0 Å². The molecule has 2 aromatic rings. The standard InChI is InChI=1S/C22H26N2O3/c1-4-17-6-8-18(9-7-17)21(25)23-11-13-24(14-12-23)22(26)19-15-16(2)5-10-20(19)27-3/h5-10,15H,4,11-14H2,1-3H3. The molecular weight excluding hydrogens is 340 g/mol. The topological polar surface area (TPSA) is 49.9 Å². The maximum atomic E-state index is 12.9. The lowest BCUT2D eigenvalue weighted by Crippen LogP contribution is -2.50. The van der Waals surface area contributed by atoms with Crippen LogP contribution in [0.5, 0.6) is 5.75 Å². The molecule has 1 aliphatic heterocycles. The number of rotatable bonds is 4. The first-order valence-corrected chi connectivity index (χ1v) is 9.35. The second kappa shape index (κ2) is 8.25. The van der Waals surface area contributed by atoms with Crippen molar-refractivity contribution < 1.29 is 14.3 Å². The number of carbonyl (C=O) groups is 2. The molecule has 1 saturated heterocycles. The van der Waals surface area contributed by atoms with Gasteiger partial charge in [0.1, 0.15) is 5.75 Å². The molecule has 0 atom stereocenters. The molecule has 142 valence electrons. The van der Waals surface area contributed by atoms with Crippen molar-refractivity contribution >= 4 is 11.8 Å². The lowest BCUT2D eigenvalue weighted by molar-refractivity contribution is 0.0533. The van der Waals surface area contributed by atoms with Crippen molar-refractivity contribution in [2.24, 2.45) is 0 Å². The van der Waals surface area contributed by atoms with E-state index >= 15 is 0 Å². The van der Waals surface area contributed by atoms with Crippen LogP contribution in [0.15, 0.2) is 42.5 Å². The molecule has 3 rings (SSSR count). The number of aryl methyl sites for hydroxylation is 2. The third kappa shape index (κ3) is 4.13. The molecule has 0 N–H and O–H groups in total. The molecular formula is C22H26N2O3.